The van der Waals surface area contributed by atoms with Crippen LogP contribution in [0, 0.1) is 11.6 Å². The maximum absolute atomic E-state index is 13.2. The van der Waals surface area contributed by atoms with E-state index < -0.39 is 17.7 Å². The van der Waals surface area contributed by atoms with E-state index in [-0.39, 0.29) is 6.42 Å². The van der Waals surface area contributed by atoms with E-state index >= 15 is 0 Å². The third-order valence-electron chi connectivity index (χ3n) is 2.13. The molecule has 0 amide bonds. The zero-order valence-corrected chi connectivity index (χ0v) is 10.1. The van der Waals surface area contributed by atoms with Crippen LogP contribution in [0.3, 0.4) is 0 Å². The number of thioether (sulfide) groups is 1. The Hall–Kier alpha value is -0.610. The van der Waals surface area contributed by atoms with E-state index in [1.54, 1.807) is 11.8 Å². The molecule has 1 aromatic carbocycles. The van der Waals surface area contributed by atoms with E-state index in [1.807, 2.05) is 0 Å². The van der Waals surface area contributed by atoms with Crippen molar-refractivity contribution in [3.05, 3.63) is 35.4 Å². The van der Waals surface area contributed by atoms with Gasteiger partial charge in [0.1, 0.15) is 11.6 Å². The van der Waals surface area contributed by atoms with Crippen LogP contribution < -0.4 is 0 Å². The van der Waals surface area contributed by atoms with Crippen molar-refractivity contribution in [3.8, 4) is 0 Å². The first-order valence-electron chi connectivity index (χ1n) is 5.33. The summed E-state index contributed by atoms with van der Waals surface area (Å²) in [5, 5.41) is 9.64. The van der Waals surface area contributed by atoms with Gasteiger partial charge in [-0.1, -0.05) is 13.0 Å². The van der Waals surface area contributed by atoms with Crippen molar-refractivity contribution in [1.29, 1.82) is 0 Å². The molecule has 0 bridgehead atoms. The van der Waals surface area contributed by atoms with E-state index in [2.05, 4.69) is 6.92 Å². The van der Waals surface area contributed by atoms with Crippen molar-refractivity contribution in [2.75, 3.05) is 11.5 Å². The summed E-state index contributed by atoms with van der Waals surface area (Å²) in [6, 6.07) is 3.45. The first-order valence-corrected chi connectivity index (χ1v) is 6.48. The average Bonchev–Trinajstić information content (AvgIpc) is 2.23. The fourth-order valence-electron chi connectivity index (χ4n) is 1.36. The molecule has 1 N–H and O–H groups in total. The van der Waals surface area contributed by atoms with Crippen LogP contribution in [0.4, 0.5) is 8.78 Å². The van der Waals surface area contributed by atoms with Gasteiger partial charge in [-0.25, -0.2) is 8.78 Å². The predicted octanol–water partition coefficient (Wildman–Crippen LogP) is 3.01. The Bertz CT molecular complexity index is 331. The molecule has 1 atom stereocenters. The number of hydrogen-bond donors (Lipinski definition) is 1. The summed E-state index contributed by atoms with van der Waals surface area (Å²) in [5.74, 6) is 0.406. The molecule has 0 saturated heterocycles. The predicted molar refractivity (Wildman–Crippen MR) is 63.7 cm³/mol. The highest BCUT2D eigenvalue weighted by molar-refractivity contribution is 7.99. The van der Waals surface area contributed by atoms with Gasteiger partial charge in [-0.3, -0.25) is 0 Å². The molecule has 0 aliphatic heterocycles. The summed E-state index contributed by atoms with van der Waals surface area (Å²) in [6.07, 6.45) is 0.724. The number of rotatable bonds is 6. The van der Waals surface area contributed by atoms with Crippen LogP contribution in [0.5, 0.6) is 0 Å². The van der Waals surface area contributed by atoms with Gasteiger partial charge in [-0.2, -0.15) is 11.8 Å². The Morgan fingerprint density at radius 1 is 1.38 bits per heavy atom. The van der Waals surface area contributed by atoms with Crippen LogP contribution >= 0.6 is 11.8 Å². The highest BCUT2D eigenvalue weighted by Crippen LogP contribution is 2.14. The number of hydrogen-bond acceptors (Lipinski definition) is 2. The molecule has 4 heteroatoms. The van der Waals surface area contributed by atoms with Crippen LogP contribution in [0.25, 0.3) is 0 Å². The summed E-state index contributed by atoms with van der Waals surface area (Å²) in [6.45, 7) is 2.07. The summed E-state index contributed by atoms with van der Waals surface area (Å²) in [5.41, 5.74) is 0.367. The first kappa shape index (κ1) is 13.5. The van der Waals surface area contributed by atoms with E-state index in [9.17, 15) is 13.9 Å². The highest BCUT2D eigenvalue weighted by atomic mass is 32.2. The fraction of sp³-hybridized carbons (Fsp3) is 0.500. The molecule has 1 aromatic rings. The summed E-state index contributed by atoms with van der Waals surface area (Å²) in [4.78, 5) is 0. The van der Waals surface area contributed by atoms with E-state index in [0.717, 1.165) is 18.2 Å². The lowest BCUT2D eigenvalue weighted by molar-refractivity contribution is 0.198. The zero-order chi connectivity index (χ0) is 12.0. The molecule has 0 fully saturated rings. The van der Waals surface area contributed by atoms with Crippen molar-refractivity contribution in [3.63, 3.8) is 0 Å². The van der Waals surface area contributed by atoms with Gasteiger partial charge in [0.05, 0.1) is 6.10 Å². The van der Waals surface area contributed by atoms with Gasteiger partial charge in [-0.05, 0) is 23.8 Å². The lowest BCUT2D eigenvalue weighted by Gasteiger charge is -2.10. The van der Waals surface area contributed by atoms with E-state index in [0.29, 0.717) is 11.3 Å². The molecule has 0 aromatic heterocycles. The fourth-order valence-corrected chi connectivity index (χ4v) is 2.21. The lowest BCUT2D eigenvalue weighted by Crippen LogP contribution is -2.14. The summed E-state index contributed by atoms with van der Waals surface area (Å²) < 4.78 is 25.9. The molecule has 1 nitrogen and oxygen atoms in total. The third-order valence-corrected chi connectivity index (χ3v) is 3.45. The Morgan fingerprint density at radius 3 is 2.75 bits per heavy atom. The minimum atomic E-state index is -0.587. The van der Waals surface area contributed by atoms with Gasteiger partial charge in [0, 0.05) is 18.2 Å². The number of halogens is 2. The second-order valence-corrected chi connectivity index (χ2v) is 4.82. The molecule has 1 rings (SSSR count). The lowest BCUT2D eigenvalue weighted by atomic mass is 10.1. The van der Waals surface area contributed by atoms with Crippen molar-refractivity contribution < 1.29 is 13.9 Å². The van der Waals surface area contributed by atoms with E-state index in [4.69, 9.17) is 0 Å². The Morgan fingerprint density at radius 2 is 2.12 bits per heavy atom. The molecule has 0 spiro atoms. The van der Waals surface area contributed by atoms with Crippen LogP contribution in [0.1, 0.15) is 18.9 Å². The monoisotopic (exact) mass is 246 g/mol. The quantitative estimate of drug-likeness (QED) is 0.779. The van der Waals surface area contributed by atoms with Gasteiger partial charge in [-0.15, -0.1) is 0 Å². The zero-order valence-electron chi connectivity index (χ0n) is 9.25. The van der Waals surface area contributed by atoms with Gasteiger partial charge in [0.25, 0.3) is 0 Å². The summed E-state index contributed by atoms with van der Waals surface area (Å²) >= 11 is 1.64. The second kappa shape index (κ2) is 6.86. The molecule has 0 heterocycles. The minimum absolute atomic E-state index is 0.239. The minimum Gasteiger partial charge on any atom is -0.392 e. The van der Waals surface area contributed by atoms with E-state index in [1.165, 1.54) is 12.1 Å². The number of aliphatic hydroxyl groups excluding tert-OH is 1. The van der Waals surface area contributed by atoms with Gasteiger partial charge in [0.2, 0.25) is 0 Å². The molecule has 0 radical (unpaired) electrons. The Kier molecular flexibility index (Phi) is 5.77. The SMILES string of the molecule is CCCSCC(O)Cc1ccc(F)cc1F. The Balaban J connectivity index is 2.46. The molecular formula is C12H16F2OS. The molecule has 16 heavy (non-hydrogen) atoms. The third kappa shape index (κ3) is 4.49. The summed E-state index contributed by atoms with van der Waals surface area (Å²) in [7, 11) is 0. The average molecular weight is 246 g/mol. The van der Waals surface area contributed by atoms with Gasteiger partial charge >= 0.3 is 0 Å². The standard InChI is InChI=1S/C12H16F2OS/c1-2-5-16-8-11(15)6-9-3-4-10(13)7-12(9)14/h3-4,7,11,15H,2,5-6,8H2,1H3. The molecule has 0 aliphatic rings. The molecular weight excluding hydrogens is 230 g/mol. The van der Waals surface area contributed by atoms with Gasteiger partial charge < -0.3 is 5.11 Å². The largest absolute Gasteiger partial charge is 0.392 e. The molecule has 90 valence electrons. The van der Waals surface area contributed by atoms with Crippen LogP contribution in [0.2, 0.25) is 0 Å². The second-order valence-electron chi connectivity index (χ2n) is 3.67. The highest BCUT2D eigenvalue weighted by Gasteiger charge is 2.10. The van der Waals surface area contributed by atoms with Crippen LogP contribution in [-0.2, 0) is 6.42 Å². The smallest absolute Gasteiger partial charge is 0.129 e. The van der Waals surface area contributed by atoms with Crippen molar-refractivity contribution in [2.24, 2.45) is 0 Å². The maximum Gasteiger partial charge on any atom is 0.129 e. The number of benzene rings is 1. The molecule has 1 unspecified atom stereocenters. The maximum atomic E-state index is 13.2. The van der Waals surface area contributed by atoms with Crippen LogP contribution in [-0.4, -0.2) is 22.7 Å². The topological polar surface area (TPSA) is 20.2 Å². The van der Waals surface area contributed by atoms with Crippen molar-refractivity contribution in [1.82, 2.24) is 0 Å². The van der Waals surface area contributed by atoms with Crippen molar-refractivity contribution >= 4 is 11.8 Å². The number of aliphatic hydroxyl groups is 1. The Labute approximate surface area is 98.9 Å². The van der Waals surface area contributed by atoms with Gasteiger partial charge in [0.15, 0.2) is 0 Å². The van der Waals surface area contributed by atoms with Crippen molar-refractivity contribution in [2.45, 2.75) is 25.9 Å². The molecule has 0 aliphatic carbocycles. The van der Waals surface area contributed by atoms with Crippen LogP contribution in [0.15, 0.2) is 18.2 Å². The normalized spacial score (nSPS) is 12.8. The molecule has 0 saturated carbocycles. The first-order chi connectivity index (χ1) is 7.63.